The topological polar surface area (TPSA) is 109 Å². The summed E-state index contributed by atoms with van der Waals surface area (Å²) in [7, 11) is 0. The molecule has 2 atom stereocenters. The predicted molar refractivity (Wildman–Crippen MR) is 130 cm³/mol. The number of hydrogen-bond donors (Lipinski definition) is 3. The molecule has 5 rings (SSSR count). The lowest BCUT2D eigenvalue weighted by Crippen LogP contribution is -2.44. The first-order chi connectivity index (χ1) is 17.0. The summed E-state index contributed by atoms with van der Waals surface area (Å²) in [6.07, 6.45) is 2.83. The number of nitrogens with zero attached hydrogens (tertiary/aromatic N) is 3. The van der Waals surface area contributed by atoms with E-state index < -0.39 is 11.9 Å². The Labute approximate surface area is 206 Å². The van der Waals surface area contributed by atoms with E-state index in [0.29, 0.717) is 49.1 Å². The fourth-order valence-electron chi connectivity index (χ4n) is 4.38. The first-order valence-corrected chi connectivity index (χ1v) is 11.8. The van der Waals surface area contributed by atoms with Gasteiger partial charge in [0.15, 0.2) is 0 Å². The number of anilines is 3. The van der Waals surface area contributed by atoms with E-state index in [9.17, 15) is 14.3 Å². The molecule has 2 aliphatic heterocycles. The summed E-state index contributed by atoms with van der Waals surface area (Å²) in [5.41, 5.74) is 1.96. The number of fused-ring (bicyclic) bond motifs is 1. The van der Waals surface area contributed by atoms with Gasteiger partial charge in [-0.05, 0) is 37.1 Å². The van der Waals surface area contributed by atoms with Crippen molar-refractivity contribution >= 4 is 45.8 Å². The van der Waals surface area contributed by atoms with Crippen LogP contribution in [0.25, 0.3) is 10.9 Å². The molecule has 0 spiro atoms. The van der Waals surface area contributed by atoms with Crippen LogP contribution in [0.15, 0.2) is 36.7 Å². The lowest BCUT2D eigenvalue weighted by molar-refractivity contribution is 0.132. The Kier molecular flexibility index (Phi) is 6.74. The van der Waals surface area contributed by atoms with Crippen molar-refractivity contribution in [3.8, 4) is 5.75 Å². The number of amides is 1. The molecule has 11 heteroatoms. The monoisotopic (exact) mass is 501 g/mol. The molecule has 3 N–H and O–H groups in total. The third kappa shape index (κ3) is 5.33. The van der Waals surface area contributed by atoms with Crippen LogP contribution in [0.3, 0.4) is 0 Å². The highest BCUT2D eigenvalue weighted by molar-refractivity contribution is 6.31. The number of likely N-dealkylation sites (tertiary alicyclic amines) is 1. The number of aromatic nitrogens is 2. The van der Waals surface area contributed by atoms with Crippen LogP contribution in [0.1, 0.15) is 19.3 Å². The normalized spacial score (nSPS) is 20.1. The molecule has 0 radical (unpaired) electrons. The van der Waals surface area contributed by atoms with Crippen LogP contribution in [0, 0.1) is 5.82 Å². The molecule has 0 saturated carbocycles. The molecule has 35 heavy (non-hydrogen) atoms. The van der Waals surface area contributed by atoms with Gasteiger partial charge in [0.25, 0.3) is 0 Å². The van der Waals surface area contributed by atoms with Crippen molar-refractivity contribution < 1.29 is 23.8 Å². The van der Waals surface area contributed by atoms with Crippen molar-refractivity contribution in [2.75, 3.05) is 36.9 Å². The van der Waals surface area contributed by atoms with Gasteiger partial charge in [0.1, 0.15) is 29.8 Å². The zero-order valence-electron chi connectivity index (χ0n) is 18.8. The standard InChI is InChI=1S/C24H25ClFN5O4/c25-18-8-14(3-4-19(18)26)30-23-17-9-21(29-15-2-1-6-31(11-15)24(32)33)22(10-20(17)27-13-28-23)35-16-5-7-34-12-16/h3-4,8-10,13,15-16,29H,1-2,5-7,11-12H2,(H,32,33)(H,27,28,30)/t15-,16?/m0/s1. The molecule has 9 nitrogen and oxygen atoms in total. The Balaban J connectivity index is 1.49. The minimum Gasteiger partial charge on any atom is -0.486 e. The van der Waals surface area contributed by atoms with Crippen molar-refractivity contribution in [1.82, 2.24) is 14.9 Å². The molecule has 184 valence electrons. The van der Waals surface area contributed by atoms with E-state index in [1.807, 2.05) is 12.1 Å². The van der Waals surface area contributed by atoms with Crippen LogP contribution >= 0.6 is 11.6 Å². The van der Waals surface area contributed by atoms with Crippen LogP contribution in [-0.4, -0.2) is 64.5 Å². The van der Waals surface area contributed by atoms with Crippen LogP contribution < -0.4 is 15.4 Å². The average Bonchev–Trinajstić information content (AvgIpc) is 3.35. The Morgan fingerprint density at radius 2 is 2.14 bits per heavy atom. The molecule has 3 heterocycles. The molecule has 0 aliphatic carbocycles. The highest BCUT2D eigenvalue weighted by Crippen LogP contribution is 2.36. The van der Waals surface area contributed by atoms with Crippen LogP contribution in [0.2, 0.25) is 5.02 Å². The number of nitrogens with one attached hydrogen (secondary N) is 2. The third-order valence-corrected chi connectivity index (χ3v) is 6.44. The van der Waals surface area contributed by atoms with E-state index >= 15 is 0 Å². The first kappa shape index (κ1) is 23.4. The zero-order valence-corrected chi connectivity index (χ0v) is 19.6. The molecule has 2 aliphatic rings. The van der Waals surface area contributed by atoms with Gasteiger partial charge in [-0.1, -0.05) is 11.6 Å². The van der Waals surface area contributed by atoms with Gasteiger partial charge >= 0.3 is 6.09 Å². The molecule has 1 unspecified atom stereocenters. The Morgan fingerprint density at radius 3 is 2.91 bits per heavy atom. The van der Waals surface area contributed by atoms with Gasteiger partial charge in [-0.2, -0.15) is 0 Å². The molecular formula is C24H25ClFN5O4. The maximum Gasteiger partial charge on any atom is 0.407 e. The molecule has 3 aromatic rings. The summed E-state index contributed by atoms with van der Waals surface area (Å²) in [6, 6.07) is 8.02. The maximum atomic E-state index is 13.6. The lowest BCUT2D eigenvalue weighted by Gasteiger charge is -2.32. The van der Waals surface area contributed by atoms with Gasteiger partial charge in [-0.15, -0.1) is 0 Å². The number of piperidine rings is 1. The summed E-state index contributed by atoms with van der Waals surface area (Å²) in [5, 5.41) is 16.8. The van der Waals surface area contributed by atoms with Crippen LogP contribution in [0.4, 0.5) is 26.4 Å². The van der Waals surface area contributed by atoms with E-state index in [1.165, 1.54) is 23.4 Å². The van der Waals surface area contributed by atoms with Crippen molar-refractivity contribution in [1.29, 1.82) is 0 Å². The number of hydrogen-bond acceptors (Lipinski definition) is 7. The summed E-state index contributed by atoms with van der Waals surface area (Å²) < 4.78 is 25.3. The zero-order chi connectivity index (χ0) is 24.4. The second-order valence-corrected chi connectivity index (χ2v) is 9.06. The van der Waals surface area contributed by atoms with Gasteiger partial charge in [-0.25, -0.2) is 19.2 Å². The highest BCUT2D eigenvalue weighted by atomic mass is 35.5. The molecule has 1 amide bonds. The number of halogens is 2. The number of ether oxygens (including phenoxy) is 2. The van der Waals surface area contributed by atoms with Crippen LogP contribution in [-0.2, 0) is 4.74 Å². The summed E-state index contributed by atoms with van der Waals surface area (Å²) >= 11 is 5.94. The number of carboxylic acid groups (broad SMARTS) is 1. The molecule has 2 fully saturated rings. The smallest absolute Gasteiger partial charge is 0.407 e. The summed E-state index contributed by atoms with van der Waals surface area (Å²) in [4.78, 5) is 21.7. The predicted octanol–water partition coefficient (Wildman–Crippen LogP) is 4.89. The van der Waals surface area contributed by atoms with Gasteiger partial charge < -0.3 is 30.1 Å². The number of rotatable bonds is 6. The molecule has 0 bridgehead atoms. The summed E-state index contributed by atoms with van der Waals surface area (Å²) in [6.45, 7) is 2.06. The van der Waals surface area contributed by atoms with E-state index in [0.717, 1.165) is 30.3 Å². The molecular weight excluding hydrogens is 477 g/mol. The van der Waals surface area contributed by atoms with Gasteiger partial charge in [0.05, 0.1) is 29.4 Å². The van der Waals surface area contributed by atoms with Crippen molar-refractivity contribution in [2.45, 2.75) is 31.4 Å². The quantitative estimate of drug-likeness (QED) is 0.438. The van der Waals surface area contributed by atoms with Crippen LogP contribution in [0.5, 0.6) is 5.75 Å². The second kappa shape index (κ2) is 10.1. The third-order valence-electron chi connectivity index (χ3n) is 6.15. The SMILES string of the molecule is O=C(O)N1CCC[C@H](Nc2cc3c(Nc4ccc(F)c(Cl)c4)ncnc3cc2OC2CCOC2)C1. The maximum absolute atomic E-state index is 13.6. The lowest BCUT2D eigenvalue weighted by atomic mass is 10.1. The van der Waals surface area contributed by atoms with Gasteiger partial charge in [0.2, 0.25) is 0 Å². The minimum atomic E-state index is -0.924. The molecule has 2 saturated heterocycles. The van der Waals surface area contributed by atoms with Gasteiger partial charge in [0, 0.05) is 42.7 Å². The van der Waals surface area contributed by atoms with Crippen molar-refractivity contribution in [3.63, 3.8) is 0 Å². The number of benzene rings is 2. The Morgan fingerprint density at radius 1 is 1.26 bits per heavy atom. The Bertz CT molecular complexity index is 1240. The fraction of sp³-hybridized carbons (Fsp3) is 0.375. The van der Waals surface area contributed by atoms with Gasteiger partial charge in [-0.3, -0.25) is 0 Å². The summed E-state index contributed by atoms with van der Waals surface area (Å²) in [5.74, 6) is 0.638. The molecule has 1 aromatic heterocycles. The molecule has 2 aromatic carbocycles. The largest absolute Gasteiger partial charge is 0.486 e. The van der Waals surface area contributed by atoms with E-state index in [-0.39, 0.29) is 17.2 Å². The second-order valence-electron chi connectivity index (χ2n) is 8.66. The Hall–Kier alpha value is -3.37. The van der Waals surface area contributed by atoms with Crippen molar-refractivity contribution in [3.05, 3.63) is 47.5 Å². The average molecular weight is 502 g/mol. The highest BCUT2D eigenvalue weighted by Gasteiger charge is 2.25. The number of carbonyl (C=O) groups is 1. The minimum absolute atomic E-state index is 0.00506. The van der Waals surface area contributed by atoms with E-state index in [2.05, 4.69) is 20.6 Å². The fourth-order valence-corrected chi connectivity index (χ4v) is 4.56. The first-order valence-electron chi connectivity index (χ1n) is 11.5. The van der Waals surface area contributed by atoms with E-state index in [1.54, 1.807) is 6.07 Å². The van der Waals surface area contributed by atoms with E-state index in [4.69, 9.17) is 21.1 Å². The van der Waals surface area contributed by atoms with Crippen molar-refractivity contribution in [2.24, 2.45) is 0 Å².